The van der Waals surface area contributed by atoms with Gasteiger partial charge in [-0.2, -0.15) is 11.8 Å². The van der Waals surface area contributed by atoms with Crippen LogP contribution < -0.4 is 0 Å². The predicted octanol–water partition coefficient (Wildman–Crippen LogP) is 1.53. The third kappa shape index (κ3) is 2.03. The Morgan fingerprint density at radius 1 is 1.83 bits per heavy atom. The van der Waals surface area contributed by atoms with Crippen LogP contribution in [0.15, 0.2) is 12.7 Å². The smallest absolute Gasteiger partial charge is 0.233 e. The molecule has 1 aliphatic rings. The molecule has 1 atom stereocenters. The average molecular weight is 185 g/mol. The second kappa shape index (κ2) is 4.55. The van der Waals surface area contributed by atoms with Gasteiger partial charge >= 0.3 is 0 Å². The largest absolute Gasteiger partial charge is 0.336 e. The standard InChI is InChI=1S/C9H15NOS/c1-3-8-5-4-6-10(8)9(11)7-12-2/h3,8H,1,4-7H2,2H3. The average Bonchev–Trinajstić information content (AvgIpc) is 2.51. The third-order valence-electron chi connectivity index (χ3n) is 2.16. The van der Waals surface area contributed by atoms with Crippen LogP contribution in [0.2, 0.25) is 0 Å². The number of nitrogens with zero attached hydrogens (tertiary/aromatic N) is 1. The van der Waals surface area contributed by atoms with Gasteiger partial charge < -0.3 is 4.90 Å². The molecule has 0 aliphatic carbocycles. The monoisotopic (exact) mass is 185 g/mol. The molecule has 0 radical (unpaired) electrons. The van der Waals surface area contributed by atoms with E-state index in [-0.39, 0.29) is 5.91 Å². The van der Waals surface area contributed by atoms with Gasteiger partial charge in [0.1, 0.15) is 0 Å². The van der Waals surface area contributed by atoms with E-state index >= 15 is 0 Å². The van der Waals surface area contributed by atoms with Gasteiger partial charge in [-0.05, 0) is 19.1 Å². The lowest BCUT2D eigenvalue weighted by atomic mass is 10.2. The second-order valence-corrected chi connectivity index (χ2v) is 3.83. The number of amides is 1. The van der Waals surface area contributed by atoms with Crippen LogP contribution in [0.5, 0.6) is 0 Å². The lowest BCUT2D eigenvalue weighted by Crippen LogP contribution is -2.35. The van der Waals surface area contributed by atoms with E-state index < -0.39 is 0 Å². The second-order valence-electron chi connectivity index (χ2n) is 2.97. The minimum atomic E-state index is 0.255. The van der Waals surface area contributed by atoms with Crippen molar-refractivity contribution >= 4 is 17.7 Å². The molecule has 0 aromatic carbocycles. The molecule has 0 aromatic heterocycles. The summed E-state index contributed by atoms with van der Waals surface area (Å²) in [5.41, 5.74) is 0. The minimum Gasteiger partial charge on any atom is -0.336 e. The highest BCUT2D eigenvalue weighted by molar-refractivity contribution is 7.99. The Labute approximate surface area is 78.0 Å². The lowest BCUT2D eigenvalue weighted by Gasteiger charge is -2.21. The molecular formula is C9H15NOS. The van der Waals surface area contributed by atoms with Crippen LogP contribution in [0.3, 0.4) is 0 Å². The zero-order chi connectivity index (χ0) is 8.97. The lowest BCUT2D eigenvalue weighted by molar-refractivity contribution is -0.128. The summed E-state index contributed by atoms with van der Waals surface area (Å²) in [5, 5.41) is 0. The molecule has 0 N–H and O–H groups in total. The Balaban J connectivity index is 2.49. The van der Waals surface area contributed by atoms with E-state index in [2.05, 4.69) is 6.58 Å². The highest BCUT2D eigenvalue weighted by Crippen LogP contribution is 2.18. The normalized spacial score (nSPS) is 22.8. The van der Waals surface area contributed by atoms with Gasteiger partial charge in [0.05, 0.1) is 5.75 Å². The number of rotatable bonds is 3. The third-order valence-corrected chi connectivity index (χ3v) is 2.70. The molecule has 0 bridgehead atoms. The number of likely N-dealkylation sites (tertiary alicyclic amines) is 1. The first-order valence-electron chi connectivity index (χ1n) is 4.20. The van der Waals surface area contributed by atoms with Crippen LogP contribution in [-0.4, -0.2) is 35.4 Å². The maximum atomic E-state index is 11.5. The zero-order valence-corrected chi connectivity index (χ0v) is 8.27. The fraction of sp³-hybridized carbons (Fsp3) is 0.667. The summed E-state index contributed by atoms with van der Waals surface area (Å²) >= 11 is 1.58. The summed E-state index contributed by atoms with van der Waals surface area (Å²) in [4.78, 5) is 13.4. The van der Waals surface area contributed by atoms with Crippen LogP contribution in [0.1, 0.15) is 12.8 Å². The maximum absolute atomic E-state index is 11.5. The van der Waals surface area contributed by atoms with Crippen molar-refractivity contribution in [1.29, 1.82) is 0 Å². The van der Waals surface area contributed by atoms with Crippen LogP contribution in [0, 0.1) is 0 Å². The van der Waals surface area contributed by atoms with E-state index in [4.69, 9.17) is 0 Å². The van der Waals surface area contributed by atoms with Crippen molar-refractivity contribution in [2.75, 3.05) is 18.6 Å². The first kappa shape index (κ1) is 9.65. The molecule has 2 nitrogen and oxygen atoms in total. The van der Waals surface area contributed by atoms with E-state index in [1.54, 1.807) is 11.8 Å². The maximum Gasteiger partial charge on any atom is 0.233 e. The van der Waals surface area contributed by atoms with Crippen molar-refractivity contribution in [3.63, 3.8) is 0 Å². The molecule has 0 aromatic rings. The molecule has 1 amide bonds. The van der Waals surface area contributed by atoms with Crippen LogP contribution in [0.4, 0.5) is 0 Å². The van der Waals surface area contributed by atoms with Crippen LogP contribution >= 0.6 is 11.8 Å². The molecule has 0 saturated carbocycles. The van der Waals surface area contributed by atoms with Gasteiger partial charge in [-0.25, -0.2) is 0 Å². The van der Waals surface area contributed by atoms with E-state index in [1.807, 2.05) is 17.2 Å². The summed E-state index contributed by atoms with van der Waals surface area (Å²) in [6, 6.07) is 0.296. The van der Waals surface area contributed by atoms with Crippen molar-refractivity contribution in [1.82, 2.24) is 4.90 Å². The molecule has 1 aliphatic heterocycles. The molecule has 0 spiro atoms. The molecular weight excluding hydrogens is 170 g/mol. The molecule has 1 unspecified atom stereocenters. The highest BCUT2D eigenvalue weighted by Gasteiger charge is 2.25. The Morgan fingerprint density at radius 3 is 3.17 bits per heavy atom. The Hall–Kier alpha value is -0.440. The number of hydrogen-bond donors (Lipinski definition) is 0. The highest BCUT2D eigenvalue weighted by atomic mass is 32.2. The molecule has 3 heteroatoms. The molecule has 1 fully saturated rings. The molecule has 1 saturated heterocycles. The molecule has 68 valence electrons. The predicted molar refractivity (Wildman–Crippen MR) is 53.3 cm³/mol. The number of thioether (sulfide) groups is 1. The van der Waals surface area contributed by atoms with Gasteiger partial charge in [0.2, 0.25) is 5.91 Å². The number of hydrogen-bond acceptors (Lipinski definition) is 2. The molecule has 1 heterocycles. The SMILES string of the molecule is C=CC1CCCN1C(=O)CSC. The summed E-state index contributed by atoms with van der Waals surface area (Å²) in [6.45, 7) is 4.65. The Bertz CT molecular complexity index is 181. The first-order chi connectivity index (χ1) is 5.79. The van der Waals surface area contributed by atoms with Crippen molar-refractivity contribution < 1.29 is 4.79 Å². The summed E-state index contributed by atoms with van der Waals surface area (Å²) < 4.78 is 0. The Kier molecular flexibility index (Phi) is 3.66. The topological polar surface area (TPSA) is 20.3 Å². The Morgan fingerprint density at radius 2 is 2.58 bits per heavy atom. The van der Waals surface area contributed by atoms with E-state index in [9.17, 15) is 4.79 Å². The summed E-state index contributed by atoms with van der Waals surface area (Å²) in [7, 11) is 0. The van der Waals surface area contributed by atoms with E-state index in [1.165, 1.54) is 0 Å². The van der Waals surface area contributed by atoms with Gasteiger partial charge in [-0.15, -0.1) is 6.58 Å². The summed E-state index contributed by atoms with van der Waals surface area (Å²) in [6.07, 6.45) is 6.04. The van der Waals surface area contributed by atoms with Gasteiger partial charge in [-0.3, -0.25) is 4.79 Å². The van der Waals surface area contributed by atoms with Crippen LogP contribution in [0.25, 0.3) is 0 Å². The van der Waals surface area contributed by atoms with E-state index in [0.29, 0.717) is 11.8 Å². The fourth-order valence-corrected chi connectivity index (χ4v) is 1.97. The van der Waals surface area contributed by atoms with Crippen LogP contribution in [-0.2, 0) is 4.79 Å². The first-order valence-corrected chi connectivity index (χ1v) is 5.60. The number of carbonyl (C=O) groups excluding carboxylic acids is 1. The van der Waals surface area contributed by atoms with Crippen molar-refractivity contribution in [2.45, 2.75) is 18.9 Å². The fourth-order valence-electron chi connectivity index (χ4n) is 1.55. The summed E-state index contributed by atoms with van der Waals surface area (Å²) in [5.74, 6) is 0.856. The van der Waals surface area contributed by atoms with Crippen molar-refractivity contribution in [2.24, 2.45) is 0 Å². The van der Waals surface area contributed by atoms with Gasteiger partial charge in [0.15, 0.2) is 0 Å². The zero-order valence-electron chi connectivity index (χ0n) is 7.45. The van der Waals surface area contributed by atoms with Crippen molar-refractivity contribution in [3.8, 4) is 0 Å². The van der Waals surface area contributed by atoms with Gasteiger partial charge in [0.25, 0.3) is 0 Å². The van der Waals surface area contributed by atoms with Gasteiger partial charge in [-0.1, -0.05) is 6.08 Å². The quantitative estimate of drug-likeness (QED) is 0.621. The van der Waals surface area contributed by atoms with Crippen molar-refractivity contribution in [3.05, 3.63) is 12.7 Å². The molecule has 1 rings (SSSR count). The number of carbonyl (C=O) groups is 1. The minimum absolute atomic E-state index is 0.255. The van der Waals surface area contributed by atoms with Gasteiger partial charge in [0, 0.05) is 12.6 Å². The van der Waals surface area contributed by atoms with E-state index in [0.717, 1.165) is 19.4 Å². The molecule has 12 heavy (non-hydrogen) atoms.